The molecular formula is C11H21NO3. The van der Waals surface area contributed by atoms with Gasteiger partial charge in [0.05, 0.1) is 0 Å². The van der Waals surface area contributed by atoms with E-state index in [2.05, 4.69) is 5.32 Å². The summed E-state index contributed by atoms with van der Waals surface area (Å²) in [6, 6.07) is 0. The Morgan fingerprint density at radius 1 is 1.40 bits per heavy atom. The minimum atomic E-state index is -0.384. The van der Waals surface area contributed by atoms with Crippen molar-refractivity contribution in [3.63, 3.8) is 0 Å². The van der Waals surface area contributed by atoms with E-state index in [9.17, 15) is 4.79 Å². The molecular weight excluding hydrogens is 194 g/mol. The molecule has 1 rings (SSSR count). The Balaban J connectivity index is 2.31. The van der Waals surface area contributed by atoms with E-state index in [0.717, 1.165) is 25.9 Å². The van der Waals surface area contributed by atoms with Crippen molar-refractivity contribution in [3.05, 3.63) is 0 Å². The van der Waals surface area contributed by atoms with Crippen LogP contribution in [0.15, 0.2) is 0 Å². The second-order valence-electron chi connectivity index (χ2n) is 3.74. The summed E-state index contributed by atoms with van der Waals surface area (Å²) in [5, 5.41) is 3.23. The summed E-state index contributed by atoms with van der Waals surface area (Å²) in [6.45, 7) is 6.25. The van der Waals surface area contributed by atoms with Gasteiger partial charge in [-0.25, -0.2) is 4.79 Å². The number of carbonyl (C=O) groups excluding carboxylic acids is 1. The third-order valence-corrected chi connectivity index (χ3v) is 2.57. The monoisotopic (exact) mass is 215 g/mol. The second kappa shape index (κ2) is 6.80. The second-order valence-corrected chi connectivity index (χ2v) is 3.74. The maximum absolute atomic E-state index is 11.7. The van der Waals surface area contributed by atoms with Gasteiger partial charge in [0.15, 0.2) is 6.10 Å². The Bertz CT molecular complexity index is 190. The summed E-state index contributed by atoms with van der Waals surface area (Å²) in [5.74, 6) is -0.203. The molecule has 1 saturated heterocycles. The Morgan fingerprint density at radius 3 is 2.60 bits per heavy atom. The molecule has 1 aliphatic rings. The number of hydrogen-bond donors (Lipinski definition) is 1. The Labute approximate surface area is 91.3 Å². The number of ether oxygens (including phenoxy) is 2. The molecule has 0 amide bonds. The lowest BCUT2D eigenvalue weighted by Gasteiger charge is -2.24. The van der Waals surface area contributed by atoms with Crippen LogP contribution in [0, 0.1) is 0 Å². The smallest absolute Gasteiger partial charge is 0.335 e. The molecule has 4 nitrogen and oxygen atoms in total. The van der Waals surface area contributed by atoms with Crippen LogP contribution < -0.4 is 5.32 Å². The molecule has 88 valence electrons. The van der Waals surface area contributed by atoms with Gasteiger partial charge in [-0.1, -0.05) is 6.92 Å². The summed E-state index contributed by atoms with van der Waals surface area (Å²) < 4.78 is 10.7. The molecule has 0 saturated carbocycles. The van der Waals surface area contributed by atoms with Crippen molar-refractivity contribution in [1.82, 2.24) is 5.32 Å². The highest BCUT2D eigenvalue weighted by Crippen LogP contribution is 2.10. The Hall–Kier alpha value is -0.610. The Morgan fingerprint density at radius 2 is 2.07 bits per heavy atom. The van der Waals surface area contributed by atoms with Crippen LogP contribution in [0.3, 0.4) is 0 Å². The quantitative estimate of drug-likeness (QED) is 0.698. The van der Waals surface area contributed by atoms with Gasteiger partial charge in [-0.2, -0.15) is 0 Å². The highest BCUT2D eigenvalue weighted by molar-refractivity contribution is 5.74. The maximum atomic E-state index is 11.7. The van der Waals surface area contributed by atoms with E-state index in [1.165, 1.54) is 0 Å². The third-order valence-electron chi connectivity index (χ3n) is 2.57. The van der Waals surface area contributed by atoms with Crippen LogP contribution >= 0.6 is 0 Å². The molecule has 1 unspecified atom stereocenters. The lowest BCUT2D eigenvalue weighted by Crippen LogP contribution is -2.37. The fourth-order valence-corrected chi connectivity index (χ4v) is 1.71. The van der Waals surface area contributed by atoms with Crippen LogP contribution in [0.25, 0.3) is 0 Å². The molecule has 0 radical (unpaired) electrons. The molecule has 0 aromatic carbocycles. The molecule has 15 heavy (non-hydrogen) atoms. The average molecular weight is 215 g/mol. The zero-order chi connectivity index (χ0) is 11.1. The van der Waals surface area contributed by atoms with Crippen molar-refractivity contribution < 1.29 is 14.3 Å². The van der Waals surface area contributed by atoms with Gasteiger partial charge in [0.2, 0.25) is 0 Å². The first-order chi connectivity index (χ1) is 7.27. The van der Waals surface area contributed by atoms with Crippen molar-refractivity contribution in [2.24, 2.45) is 0 Å². The minimum Gasteiger partial charge on any atom is -0.460 e. The summed E-state index contributed by atoms with van der Waals surface area (Å²) in [4.78, 5) is 11.7. The Kier molecular flexibility index (Phi) is 5.65. The molecule has 0 aromatic rings. The van der Waals surface area contributed by atoms with Gasteiger partial charge >= 0.3 is 5.97 Å². The zero-order valence-corrected chi connectivity index (χ0v) is 9.62. The molecule has 0 spiro atoms. The van der Waals surface area contributed by atoms with E-state index >= 15 is 0 Å². The van der Waals surface area contributed by atoms with Gasteiger partial charge in [0.1, 0.15) is 6.10 Å². The molecule has 0 aliphatic carbocycles. The van der Waals surface area contributed by atoms with E-state index in [1.807, 2.05) is 13.8 Å². The first-order valence-corrected chi connectivity index (χ1v) is 5.80. The lowest BCUT2D eigenvalue weighted by molar-refractivity contribution is -0.163. The minimum absolute atomic E-state index is 0.0771. The molecule has 4 heteroatoms. The fourth-order valence-electron chi connectivity index (χ4n) is 1.71. The van der Waals surface area contributed by atoms with Crippen LogP contribution in [-0.2, 0) is 14.3 Å². The topological polar surface area (TPSA) is 47.6 Å². The van der Waals surface area contributed by atoms with Crippen molar-refractivity contribution in [2.75, 3.05) is 19.7 Å². The number of carbonyl (C=O) groups is 1. The zero-order valence-electron chi connectivity index (χ0n) is 9.62. The van der Waals surface area contributed by atoms with Crippen LogP contribution in [0.4, 0.5) is 0 Å². The molecule has 1 aliphatic heterocycles. The third kappa shape index (κ3) is 4.18. The van der Waals surface area contributed by atoms with Crippen LogP contribution in [-0.4, -0.2) is 37.9 Å². The molecule has 1 heterocycles. The fraction of sp³-hybridized carbons (Fsp3) is 0.909. The highest BCUT2D eigenvalue weighted by Gasteiger charge is 2.23. The predicted molar refractivity (Wildman–Crippen MR) is 57.7 cm³/mol. The van der Waals surface area contributed by atoms with Crippen molar-refractivity contribution >= 4 is 5.97 Å². The summed E-state index contributed by atoms with van der Waals surface area (Å²) in [7, 11) is 0. The van der Waals surface area contributed by atoms with E-state index in [0.29, 0.717) is 13.0 Å². The van der Waals surface area contributed by atoms with Crippen molar-refractivity contribution in [2.45, 2.75) is 45.3 Å². The normalized spacial score (nSPS) is 19.9. The van der Waals surface area contributed by atoms with Gasteiger partial charge in [0, 0.05) is 6.61 Å². The van der Waals surface area contributed by atoms with Crippen molar-refractivity contribution in [3.8, 4) is 0 Å². The molecule has 0 bridgehead atoms. The number of rotatable bonds is 5. The van der Waals surface area contributed by atoms with E-state index in [4.69, 9.17) is 9.47 Å². The number of esters is 1. The average Bonchev–Trinajstić information content (AvgIpc) is 2.27. The van der Waals surface area contributed by atoms with Crippen LogP contribution in [0.5, 0.6) is 0 Å². The van der Waals surface area contributed by atoms with Gasteiger partial charge in [-0.3, -0.25) is 0 Å². The first-order valence-electron chi connectivity index (χ1n) is 5.80. The molecule has 1 fully saturated rings. The van der Waals surface area contributed by atoms with Gasteiger partial charge in [0.25, 0.3) is 0 Å². The van der Waals surface area contributed by atoms with Crippen LogP contribution in [0.1, 0.15) is 33.1 Å². The predicted octanol–water partition coefficient (Wildman–Crippen LogP) is 1.10. The lowest BCUT2D eigenvalue weighted by atomic mass is 10.1. The number of piperidine rings is 1. The first kappa shape index (κ1) is 12.5. The summed E-state index contributed by atoms with van der Waals surface area (Å²) in [6.07, 6.45) is 2.19. The molecule has 0 aromatic heterocycles. The van der Waals surface area contributed by atoms with Crippen LogP contribution in [0.2, 0.25) is 0 Å². The standard InChI is InChI=1S/C11H21NO3/c1-3-10(14-4-2)11(13)15-9-5-7-12-8-6-9/h9-10,12H,3-8H2,1-2H3. The van der Waals surface area contributed by atoms with E-state index < -0.39 is 0 Å². The van der Waals surface area contributed by atoms with Gasteiger partial charge in [-0.15, -0.1) is 0 Å². The SMILES string of the molecule is CCOC(CC)C(=O)OC1CCNCC1. The van der Waals surface area contributed by atoms with Crippen molar-refractivity contribution in [1.29, 1.82) is 0 Å². The molecule has 1 atom stereocenters. The summed E-state index contributed by atoms with van der Waals surface area (Å²) >= 11 is 0. The summed E-state index contributed by atoms with van der Waals surface area (Å²) in [5.41, 5.74) is 0. The maximum Gasteiger partial charge on any atom is 0.335 e. The molecule has 1 N–H and O–H groups in total. The van der Waals surface area contributed by atoms with Gasteiger partial charge in [-0.05, 0) is 39.3 Å². The number of nitrogens with one attached hydrogen (secondary N) is 1. The van der Waals surface area contributed by atoms with E-state index in [1.54, 1.807) is 0 Å². The highest BCUT2D eigenvalue weighted by atomic mass is 16.6. The van der Waals surface area contributed by atoms with E-state index in [-0.39, 0.29) is 18.2 Å². The van der Waals surface area contributed by atoms with Gasteiger partial charge < -0.3 is 14.8 Å². The number of hydrogen-bond acceptors (Lipinski definition) is 4. The largest absolute Gasteiger partial charge is 0.460 e.